The molecule has 0 atom stereocenters. The van der Waals surface area contributed by atoms with Crippen molar-refractivity contribution in [3.05, 3.63) is 60.0 Å². The second kappa shape index (κ2) is 6.02. The van der Waals surface area contributed by atoms with E-state index in [0.717, 1.165) is 17.0 Å². The molecular formula is C16H16N2O2. The van der Waals surface area contributed by atoms with E-state index in [9.17, 15) is 5.11 Å². The molecule has 1 N–H and O–H groups in total. The van der Waals surface area contributed by atoms with Gasteiger partial charge in [-0.1, -0.05) is 12.7 Å². The van der Waals surface area contributed by atoms with Crippen LogP contribution in [0.4, 0.5) is 0 Å². The summed E-state index contributed by atoms with van der Waals surface area (Å²) in [6.07, 6.45) is 6.85. The number of hydrogen-bond donors (Lipinski definition) is 1. The lowest BCUT2D eigenvalue weighted by atomic mass is 10.0. The molecule has 1 heterocycles. The predicted octanol–water partition coefficient (Wildman–Crippen LogP) is 3.25. The molecule has 4 heteroatoms. The monoisotopic (exact) mass is 268 g/mol. The maximum absolute atomic E-state index is 9.85. The first-order chi connectivity index (χ1) is 9.65. The topological polar surface area (TPSA) is 54.2 Å². The third kappa shape index (κ3) is 2.85. The molecule has 0 spiro atoms. The van der Waals surface area contributed by atoms with Gasteiger partial charge in [0.1, 0.15) is 11.5 Å². The van der Waals surface area contributed by atoms with Gasteiger partial charge in [0.15, 0.2) is 0 Å². The molecule has 1 aromatic rings. The zero-order valence-corrected chi connectivity index (χ0v) is 11.5. The number of hydrogen-bond acceptors (Lipinski definition) is 4. The Morgan fingerprint density at radius 1 is 1.45 bits per heavy atom. The Bertz CT molecular complexity index is 652. The summed E-state index contributed by atoms with van der Waals surface area (Å²) in [5, 5.41) is 9.85. The number of ether oxygens (including phenoxy) is 1. The van der Waals surface area contributed by atoms with E-state index >= 15 is 0 Å². The molecule has 0 fully saturated rings. The van der Waals surface area contributed by atoms with Crippen molar-refractivity contribution >= 4 is 11.9 Å². The molecule has 20 heavy (non-hydrogen) atoms. The zero-order chi connectivity index (χ0) is 14.5. The second-order valence-corrected chi connectivity index (χ2v) is 4.26. The van der Waals surface area contributed by atoms with E-state index in [1.54, 1.807) is 43.8 Å². The van der Waals surface area contributed by atoms with Gasteiger partial charge in [-0.15, -0.1) is 0 Å². The van der Waals surface area contributed by atoms with Crippen LogP contribution in [0.1, 0.15) is 12.5 Å². The fourth-order valence-electron chi connectivity index (χ4n) is 1.73. The molecule has 0 aliphatic carbocycles. The SMILES string of the molecule is C=CC=N/C=C(\C)C1=CC(c2cc(OC)ccc2O)=N1. The van der Waals surface area contributed by atoms with Crippen LogP contribution < -0.4 is 4.74 Å². The maximum atomic E-state index is 9.85. The Labute approximate surface area is 118 Å². The van der Waals surface area contributed by atoms with Crippen LogP contribution >= 0.6 is 0 Å². The fraction of sp³-hybridized carbons (Fsp3) is 0.125. The summed E-state index contributed by atoms with van der Waals surface area (Å²) in [7, 11) is 1.59. The first-order valence-corrected chi connectivity index (χ1v) is 6.15. The largest absolute Gasteiger partial charge is 0.507 e. The van der Waals surface area contributed by atoms with Crippen molar-refractivity contribution in [2.45, 2.75) is 6.92 Å². The van der Waals surface area contributed by atoms with Gasteiger partial charge in [-0.2, -0.15) is 0 Å². The molecule has 0 aromatic heterocycles. The number of aromatic hydroxyl groups is 1. The van der Waals surface area contributed by atoms with Crippen molar-refractivity contribution in [2.75, 3.05) is 7.11 Å². The lowest BCUT2D eigenvalue weighted by Crippen LogP contribution is -2.08. The molecule has 0 amide bonds. The highest BCUT2D eigenvalue weighted by atomic mass is 16.5. The Morgan fingerprint density at radius 3 is 2.85 bits per heavy atom. The number of rotatable bonds is 5. The molecule has 0 unspecified atom stereocenters. The molecule has 1 aliphatic heterocycles. The summed E-state index contributed by atoms with van der Waals surface area (Å²) in [6, 6.07) is 5.06. The highest BCUT2D eigenvalue weighted by Gasteiger charge is 2.17. The molecule has 2 rings (SSSR count). The maximum Gasteiger partial charge on any atom is 0.125 e. The van der Waals surface area contributed by atoms with Gasteiger partial charge in [0.25, 0.3) is 0 Å². The van der Waals surface area contributed by atoms with Crippen molar-refractivity contribution in [3.8, 4) is 11.5 Å². The van der Waals surface area contributed by atoms with E-state index in [1.807, 2.05) is 13.0 Å². The fourth-order valence-corrected chi connectivity index (χ4v) is 1.73. The number of nitrogens with zero attached hydrogens (tertiary/aromatic N) is 2. The van der Waals surface area contributed by atoms with Crippen LogP contribution in [-0.2, 0) is 0 Å². The van der Waals surface area contributed by atoms with E-state index in [1.165, 1.54) is 0 Å². The van der Waals surface area contributed by atoms with E-state index in [4.69, 9.17) is 4.74 Å². The van der Waals surface area contributed by atoms with E-state index in [2.05, 4.69) is 16.6 Å². The van der Waals surface area contributed by atoms with Crippen LogP contribution in [0.25, 0.3) is 0 Å². The third-order valence-electron chi connectivity index (χ3n) is 2.86. The summed E-state index contributed by atoms with van der Waals surface area (Å²) in [5.41, 5.74) is 3.20. The molecule has 102 valence electrons. The number of aliphatic imine (C=N–C) groups is 2. The summed E-state index contributed by atoms with van der Waals surface area (Å²) < 4.78 is 5.14. The Morgan fingerprint density at radius 2 is 2.20 bits per heavy atom. The quantitative estimate of drug-likeness (QED) is 0.833. The molecule has 4 nitrogen and oxygen atoms in total. The van der Waals surface area contributed by atoms with Crippen LogP contribution in [0.15, 0.2) is 64.4 Å². The van der Waals surface area contributed by atoms with Gasteiger partial charge in [0.2, 0.25) is 0 Å². The van der Waals surface area contributed by atoms with Gasteiger partial charge >= 0.3 is 0 Å². The summed E-state index contributed by atoms with van der Waals surface area (Å²) in [5.74, 6) is 0.872. The normalized spacial score (nSPS) is 14.6. The molecule has 0 radical (unpaired) electrons. The second-order valence-electron chi connectivity index (χ2n) is 4.26. The lowest BCUT2D eigenvalue weighted by molar-refractivity contribution is 0.412. The zero-order valence-electron chi connectivity index (χ0n) is 11.5. The van der Waals surface area contributed by atoms with E-state index in [0.29, 0.717) is 11.3 Å². The minimum absolute atomic E-state index is 0.186. The average molecular weight is 268 g/mol. The van der Waals surface area contributed by atoms with Crippen molar-refractivity contribution in [1.82, 2.24) is 0 Å². The Hall–Kier alpha value is -2.62. The smallest absolute Gasteiger partial charge is 0.125 e. The molecule has 1 aliphatic rings. The van der Waals surface area contributed by atoms with Gasteiger partial charge in [-0.3, -0.25) is 4.99 Å². The first kappa shape index (κ1) is 13.8. The number of benzene rings is 1. The molecular weight excluding hydrogens is 252 g/mol. The van der Waals surface area contributed by atoms with Gasteiger partial charge in [-0.05, 0) is 36.8 Å². The summed E-state index contributed by atoms with van der Waals surface area (Å²) in [4.78, 5) is 8.45. The van der Waals surface area contributed by atoms with Crippen LogP contribution in [0.2, 0.25) is 0 Å². The van der Waals surface area contributed by atoms with Crippen molar-refractivity contribution in [2.24, 2.45) is 9.98 Å². The van der Waals surface area contributed by atoms with Gasteiger partial charge in [0, 0.05) is 18.0 Å². The Balaban J connectivity index is 2.16. The molecule has 0 saturated carbocycles. The van der Waals surface area contributed by atoms with Crippen molar-refractivity contribution in [3.63, 3.8) is 0 Å². The number of allylic oxidation sites excluding steroid dienone is 3. The third-order valence-corrected chi connectivity index (χ3v) is 2.86. The van der Waals surface area contributed by atoms with Gasteiger partial charge in [-0.25, -0.2) is 4.99 Å². The van der Waals surface area contributed by atoms with Crippen LogP contribution in [0, 0.1) is 0 Å². The standard InChI is InChI=1S/C16H16N2O2/c1-4-7-17-10-11(2)14-9-15(18-14)13-8-12(20-3)5-6-16(13)19/h4-10,19H,1H2,2-3H3/b11-10+,17-7?. The van der Waals surface area contributed by atoms with Crippen LogP contribution in [0.5, 0.6) is 11.5 Å². The van der Waals surface area contributed by atoms with Crippen molar-refractivity contribution in [1.29, 1.82) is 0 Å². The first-order valence-electron chi connectivity index (χ1n) is 6.15. The molecule has 0 bridgehead atoms. The van der Waals surface area contributed by atoms with Crippen molar-refractivity contribution < 1.29 is 9.84 Å². The number of phenolic OH excluding ortho intramolecular Hbond substituents is 1. The van der Waals surface area contributed by atoms with E-state index < -0.39 is 0 Å². The van der Waals surface area contributed by atoms with Crippen LogP contribution in [0.3, 0.4) is 0 Å². The number of methoxy groups -OCH3 is 1. The minimum atomic E-state index is 0.186. The predicted molar refractivity (Wildman–Crippen MR) is 81.7 cm³/mol. The van der Waals surface area contributed by atoms with Crippen LogP contribution in [-0.4, -0.2) is 24.1 Å². The van der Waals surface area contributed by atoms with Gasteiger partial charge < -0.3 is 9.84 Å². The average Bonchev–Trinajstić information content (AvgIpc) is 2.39. The van der Waals surface area contributed by atoms with Gasteiger partial charge in [0.05, 0.1) is 18.5 Å². The number of phenols is 1. The molecule has 1 aromatic carbocycles. The highest BCUT2D eigenvalue weighted by molar-refractivity contribution is 6.15. The summed E-state index contributed by atoms with van der Waals surface area (Å²) >= 11 is 0. The minimum Gasteiger partial charge on any atom is -0.507 e. The molecule has 0 saturated heterocycles. The van der Waals surface area contributed by atoms with E-state index in [-0.39, 0.29) is 5.75 Å². The summed E-state index contributed by atoms with van der Waals surface area (Å²) in [6.45, 7) is 5.48. The lowest BCUT2D eigenvalue weighted by Gasteiger charge is -2.16. The highest BCUT2D eigenvalue weighted by Crippen LogP contribution is 2.29. The Kier molecular flexibility index (Phi) is 4.15.